The van der Waals surface area contributed by atoms with Gasteiger partial charge in [-0.1, -0.05) is 6.92 Å². The van der Waals surface area contributed by atoms with Crippen LogP contribution in [0.2, 0.25) is 0 Å². The predicted octanol–water partition coefficient (Wildman–Crippen LogP) is 2.96. The smallest absolute Gasteiger partial charge is 0.356 e. The van der Waals surface area contributed by atoms with Gasteiger partial charge in [0, 0.05) is 11.1 Å². The van der Waals surface area contributed by atoms with Gasteiger partial charge in [0.2, 0.25) is 0 Å². The largest absolute Gasteiger partial charge is 0.476 e. The summed E-state index contributed by atoms with van der Waals surface area (Å²) in [5.74, 6) is -1.48. The van der Waals surface area contributed by atoms with Crippen molar-refractivity contribution in [1.29, 1.82) is 0 Å². The molecule has 0 unspecified atom stereocenters. The molecule has 0 spiro atoms. The van der Waals surface area contributed by atoms with Crippen LogP contribution in [-0.2, 0) is 6.42 Å². The van der Waals surface area contributed by atoms with Crippen LogP contribution >= 0.6 is 11.3 Å². The van der Waals surface area contributed by atoms with Crippen LogP contribution in [0.5, 0.6) is 0 Å². The molecule has 0 saturated carbocycles. The van der Waals surface area contributed by atoms with E-state index in [-0.39, 0.29) is 17.3 Å². The van der Waals surface area contributed by atoms with E-state index in [1.54, 1.807) is 6.07 Å². The van der Waals surface area contributed by atoms with E-state index in [1.165, 1.54) is 23.6 Å². The van der Waals surface area contributed by atoms with Gasteiger partial charge in [-0.15, -0.1) is 11.3 Å². The van der Waals surface area contributed by atoms with E-state index in [1.807, 2.05) is 19.9 Å². The van der Waals surface area contributed by atoms with Gasteiger partial charge in [0.15, 0.2) is 5.69 Å². The summed E-state index contributed by atoms with van der Waals surface area (Å²) in [7, 11) is 0. The number of nitrogens with zero attached hydrogens (tertiary/aromatic N) is 1. The number of hydrogen-bond donors (Lipinski definition) is 2. The number of carboxylic acid groups (broad SMARTS) is 1. The zero-order valence-corrected chi connectivity index (χ0v) is 12.0. The number of anilines is 1. The molecule has 2 rings (SSSR count). The highest BCUT2D eigenvalue weighted by molar-refractivity contribution is 7.14. The Hall–Kier alpha value is -2.21. The highest BCUT2D eigenvalue weighted by Gasteiger charge is 2.16. The van der Waals surface area contributed by atoms with E-state index in [0.717, 1.165) is 16.9 Å². The van der Waals surface area contributed by atoms with Gasteiger partial charge in [0.25, 0.3) is 5.91 Å². The van der Waals surface area contributed by atoms with E-state index in [2.05, 4.69) is 10.3 Å². The first kappa shape index (κ1) is 14.2. The van der Waals surface area contributed by atoms with E-state index in [9.17, 15) is 9.59 Å². The molecule has 0 atom stereocenters. The van der Waals surface area contributed by atoms with Crippen molar-refractivity contribution in [1.82, 2.24) is 4.98 Å². The number of pyridine rings is 1. The number of carbonyl (C=O) groups is 2. The minimum atomic E-state index is -1.17. The molecule has 104 valence electrons. The molecule has 6 heteroatoms. The molecular weight excluding hydrogens is 276 g/mol. The Balaban J connectivity index is 2.25. The van der Waals surface area contributed by atoms with Crippen LogP contribution in [0.3, 0.4) is 0 Å². The molecule has 0 radical (unpaired) electrons. The third-order valence-electron chi connectivity index (χ3n) is 2.82. The van der Waals surface area contributed by atoms with Crippen molar-refractivity contribution in [3.05, 3.63) is 45.4 Å². The van der Waals surface area contributed by atoms with Crippen molar-refractivity contribution in [2.45, 2.75) is 20.3 Å². The van der Waals surface area contributed by atoms with Crippen molar-refractivity contribution < 1.29 is 14.7 Å². The molecule has 2 heterocycles. The third kappa shape index (κ3) is 2.85. The lowest BCUT2D eigenvalue weighted by atomic mass is 10.2. The number of rotatable bonds is 4. The molecular formula is C14H14N2O3S. The maximum Gasteiger partial charge on any atom is 0.356 e. The van der Waals surface area contributed by atoms with E-state index in [4.69, 9.17) is 5.11 Å². The van der Waals surface area contributed by atoms with Crippen LogP contribution in [0.1, 0.15) is 37.5 Å². The minimum Gasteiger partial charge on any atom is -0.476 e. The summed E-state index contributed by atoms with van der Waals surface area (Å²) in [5, 5.41) is 11.6. The normalized spacial score (nSPS) is 10.3. The van der Waals surface area contributed by atoms with Gasteiger partial charge < -0.3 is 10.4 Å². The second kappa shape index (κ2) is 5.83. The average Bonchev–Trinajstić information content (AvgIpc) is 2.80. The molecule has 0 saturated heterocycles. The number of aromatic nitrogens is 1. The fourth-order valence-electron chi connectivity index (χ4n) is 1.84. The van der Waals surface area contributed by atoms with Crippen LogP contribution in [-0.4, -0.2) is 22.0 Å². The van der Waals surface area contributed by atoms with Crippen molar-refractivity contribution in [2.24, 2.45) is 0 Å². The van der Waals surface area contributed by atoms with Gasteiger partial charge in [-0.25, -0.2) is 9.78 Å². The highest BCUT2D eigenvalue weighted by Crippen LogP contribution is 2.23. The lowest BCUT2D eigenvalue weighted by molar-refractivity contribution is 0.0692. The number of amides is 1. The molecule has 20 heavy (non-hydrogen) atoms. The number of carbonyl (C=O) groups excluding carboxylic acids is 1. The number of thiophene rings is 1. The SMILES string of the molecule is CCc1sc(C(=O)Nc2cccnc2C(=O)O)cc1C. The second-order valence-corrected chi connectivity index (χ2v) is 5.37. The monoisotopic (exact) mass is 290 g/mol. The number of hydrogen-bond acceptors (Lipinski definition) is 4. The minimum absolute atomic E-state index is 0.162. The molecule has 0 aliphatic heterocycles. The summed E-state index contributed by atoms with van der Waals surface area (Å²) < 4.78 is 0. The number of nitrogens with one attached hydrogen (secondary N) is 1. The average molecular weight is 290 g/mol. The fourth-order valence-corrected chi connectivity index (χ4v) is 2.85. The van der Waals surface area contributed by atoms with Gasteiger partial charge in [-0.2, -0.15) is 0 Å². The Labute approximate surface area is 120 Å². The molecule has 0 fully saturated rings. The first-order valence-corrected chi connectivity index (χ1v) is 6.93. The molecule has 1 amide bonds. The van der Waals surface area contributed by atoms with Crippen molar-refractivity contribution in [2.75, 3.05) is 5.32 Å². The Morgan fingerprint density at radius 1 is 1.45 bits per heavy atom. The summed E-state index contributed by atoms with van der Waals surface area (Å²) in [6, 6.07) is 4.92. The zero-order valence-electron chi connectivity index (χ0n) is 11.1. The molecule has 0 aliphatic rings. The van der Waals surface area contributed by atoms with Crippen molar-refractivity contribution in [3.8, 4) is 0 Å². The van der Waals surface area contributed by atoms with Crippen LogP contribution in [0.4, 0.5) is 5.69 Å². The quantitative estimate of drug-likeness (QED) is 0.907. The summed E-state index contributed by atoms with van der Waals surface area (Å²) in [4.78, 5) is 28.7. The standard InChI is InChI=1S/C14H14N2O3S/c1-3-10-8(2)7-11(20-10)13(17)16-9-5-4-6-15-12(9)14(18)19/h4-7H,3H2,1-2H3,(H,16,17)(H,18,19). The summed E-state index contributed by atoms with van der Waals surface area (Å²) >= 11 is 1.42. The van der Waals surface area contributed by atoms with E-state index < -0.39 is 5.97 Å². The van der Waals surface area contributed by atoms with Crippen LogP contribution < -0.4 is 5.32 Å². The Morgan fingerprint density at radius 2 is 2.20 bits per heavy atom. The number of aryl methyl sites for hydroxylation is 2. The summed E-state index contributed by atoms with van der Waals surface area (Å²) in [6.07, 6.45) is 2.25. The molecule has 0 aliphatic carbocycles. The van der Waals surface area contributed by atoms with Gasteiger partial charge in [0.05, 0.1) is 10.6 Å². The lowest BCUT2D eigenvalue weighted by Crippen LogP contribution is -2.14. The first-order valence-electron chi connectivity index (χ1n) is 6.12. The molecule has 2 aromatic rings. The third-order valence-corrected chi connectivity index (χ3v) is 4.20. The van der Waals surface area contributed by atoms with Crippen LogP contribution in [0.25, 0.3) is 0 Å². The Kier molecular flexibility index (Phi) is 4.14. The molecule has 2 aromatic heterocycles. The van der Waals surface area contributed by atoms with E-state index >= 15 is 0 Å². The van der Waals surface area contributed by atoms with Gasteiger partial charge in [-0.05, 0) is 37.1 Å². The van der Waals surface area contributed by atoms with Crippen LogP contribution in [0.15, 0.2) is 24.4 Å². The molecule has 2 N–H and O–H groups in total. The number of aromatic carboxylic acids is 1. The molecule has 5 nitrogen and oxygen atoms in total. The maximum atomic E-state index is 12.1. The van der Waals surface area contributed by atoms with E-state index in [0.29, 0.717) is 4.88 Å². The summed E-state index contributed by atoms with van der Waals surface area (Å²) in [6.45, 7) is 3.99. The first-order chi connectivity index (χ1) is 9.52. The number of carboxylic acids is 1. The zero-order chi connectivity index (χ0) is 14.7. The van der Waals surface area contributed by atoms with Crippen molar-refractivity contribution >= 4 is 28.9 Å². The second-order valence-electron chi connectivity index (χ2n) is 4.23. The maximum absolute atomic E-state index is 12.1. The van der Waals surface area contributed by atoms with Crippen molar-refractivity contribution in [3.63, 3.8) is 0 Å². The molecule has 0 aromatic carbocycles. The Morgan fingerprint density at radius 3 is 2.80 bits per heavy atom. The van der Waals surface area contributed by atoms with Gasteiger partial charge >= 0.3 is 5.97 Å². The topological polar surface area (TPSA) is 79.3 Å². The summed E-state index contributed by atoms with van der Waals surface area (Å²) in [5.41, 5.74) is 1.12. The van der Waals surface area contributed by atoms with Crippen LogP contribution in [0, 0.1) is 6.92 Å². The van der Waals surface area contributed by atoms with Gasteiger partial charge in [-0.3, -0.25) is 4.79 Å². The highest BCUT2D eigenvalue weighted by atomic mass is 32.1. The molecule has 0 bridgehead atoms. The fraction of sp³-hybridized carbons (Fsp3) is 0.214. The predicted molar refractivity (Wildman–Crippen MR) is 77.6 cm³/mol. The Bertz CT molecular complexity index is 664. The lowest BCUT2D eigenvalue weighted by Gasteiger charge is -2.05. The van der Waals surface area contributed by atoms with Gasteiger partial charge in [0.1, 0.15) is 0 Å².